The maximum Gasteiger partial charge on any atom is 0.101 e. The highest BCUT2D eigenvalue weighted by Crippen LogP contribution is 2.38. The fourth-order valence-electron chi connectivity index (χ4n) is 2.17. The summed E-state index contributed by atoms with van der Waals surface area (Å²) in [6.07, 6.45) is 6.50. The van der Waals surface area contributed by atoms with Crippen molar-refractivity contribution in [1.82, 2.24) is 0 Å². The Morgan fingerprint density at radius 1 is 1.45 bits per heavy atom. The maximum absolute atomic E-state index is 5.61. The minimum absolute atomic E-state index is 0.525. The molecular weight excluding hydrogens is 136 g/mol. The Kier molecular flexibility index (Phi) is 1.67. The van der Waals surface area contributed by atoms with Gasteiger partial charge in [-0.25, -0.2) is 0 Å². The highest BCUT2D eigenvalue weighted by Gasteiger charge is 2.32. The lowest BCUT2D eigenvalue weighted by molar-refractivity contribution is 0.0245. The van der Waals surface area contributed by atoms with Crippen molar-refractivity contribution in [3.8, 4) is 0 Å². The predicted octanol–water partition coefficient (Wildman–Crippen LogP) is 2.73. The van der Waals surface area contributed by atoms with E-state index in [9.17, 15) is 0 Å². The summed E-state index contributed by atoms with van der Waals surface area (Å²) in [6, 6.07) is 0. The van der Waals surface area contributed by atoms with Crippen molar-refractivity contribution in [3.05, 3.63) is 11.8 Å². The fraction of sp³-hybridized carbons (Fsp3) is 0.800. The van der Waals surface area contributed by atoms with E-state index in [2.05, 4.69) is 13.8 Å². The molecule has 1 nitrogen and oxygen atoms in total. The molecule has 1 aliphatic heterocycles. The second-order valence-corrected chi connectivity index (χ2v) is 4.02. The lowest BCUT2D eigenvalue weighted by Crippen LogP contribution is -2.32. The largest absolute Gasteiger partial charge is 0.498 e. The standard InChI is InChI=1S/C10H16O/c1-7-3-4-9-5-10(7)11-6-8(9)2/h6-7,9-10H,3-5H2,1-2H3/t7-,9-,10+/m1/s1. The van der Waals surface area contributed by atoms with E-state index in [0.29, 0.717) is 6.10 Å². The van der Waals surface area contributed by atoms with E-state index in [0.717, 1.165) is 11.8 Å². The van der Waals surface area contributed by atoms with Crippen LogP contribution in [0.3, 0.4) is 0 Å². The second kappa shape index (κ2) is 2.54. The van der Waals surface area contributed by atoms with Gasteiger partial charge in [0.15, 0.2) is 0 Å². The van der Waals surface area contributed by atoms with Gasteiger partial charge in [0, 0.05) is 0 Å². The van der Waals surface area contributed by atoms with Crippen LogP contribution >= 0.6 is 0 Å². The molecular formula is C10H16O. The molecule has 1 aliphatic carbocycles. The van der Waals surface area contributed by atoms with Crippen LogP contribution in [-0.2, 0) is 4.74 Å². The van der Waals surface area contributed by atoms with Gasteiger partial charge in [0.25, 0.3) is 0 Å². The first-order valence-corrected chi connectivity index (χ1v) is 4.59. The van der Waals surface area contributed by atoms with Crippen molar-refractivity contribution in [2.24, 2.45) is 11.8 Å². The summed E-state index contributed by atoms with van der Waals surface area (Å²) in [5, 5.41) is 0. The lowest BCUT2D eigenvalue weighted by Gasteiger charge is -2.37. The molecule has 1 fully saturated rings. The molecule has 0 amide bonds. The van der Waals surface area contributed by atoms with Gasteiger partial charge in [0.1, 0.15) is 6.10 Å². The number of hydrogen-bond acceptors (Lipinski definition) is 1. The molecule has 3 atom stereocenters. The van der Waals surface area contributed by atoms with Gasteiger partial charge in [-0.15, -0.1) is 0 Å². The molecule has 11 heavy (non-hydrogen) atoms. The molecule has 1 saturated carbocycles. The van der Waals surface area contributed by atoms with Gasteiger partial charge in [-0.3, -0.25) is 0 Å². The fourth-order valence-corrected chi connectivity index (χ4v) is 2.17. The minimum Gasteiger partial charge on any atom is -0.498 e. The van der Waals surface area contributed by atoms with Gasteiger partial charge in [-0.05, 0) is 43.6 Å². The summed E-state index contributed by atoms with van der Waals surface area (Å²) < 4.78 is 5.61. The van der Waals surface area contributed by atoms with E-state index in [1.54, 1.807) is 0 Å². The molecule has 2 rings (SSSR count). The molecule has 0 aromatic carbocycles. The third-order valence-corrected chi connectivity index (χ3v) is 3.19. The molecule has 1 heterocycles. The van der Waals surface area contributed by atoms with Crippen LogP contribution < -0.4 is 0 Å². The maximum atomic E-state index is 5.61. The molecule has 0 aromatic heterocycles. The minimum atomic E-state index is 0.525. The van der Waals surface area contributed by atoms with Crippen LogP contribution in [0.4, 0.5) is 0 Å². The zero-order valence-corrected chi connectivity index (χ0v) is 7.34. The second-order valence-electron chi connectivity index (χ2n) is 4.02. The molecule has 2 bridgehead atoms. The Morgan fingerprint density at radius 2 is 2.27 bits per heavy atom. The molecule has 0 radical (unpaired) electrons. The highest BCUT2D eigenvalue weighted by molar-refractivity contribution is 5.06. The normalized spacial score (nSPS) is 42.7. The third-order valence-electron chi connectivity index (χ3n) is 3.19. The topological polar surface area (TPSA) is 9.23 Å². The van der Waals surface area contributed by atoms with Gasteiger partial charge in [-0.1, -0.05) is 6.92 Å². The van der Waals surface area contributed by atoms with E-state index < -0.39 is 0 Å². The van der Waals surface area contributed by atoms with Crippen LogP contribution in [-0.4, -0.2) is 6.10 Å². The summed E-state index contributed by atoms with van der Waals surface area (Å²) >= 11 is 0. The molecule has 0 N–H and O–H groups in total. The van der Waals surface area contributed by atoms with E-state index in [4.69, 9.17) is 4.74 Å². The van der Waals surface area contributed by atoms with Gasteiger partial charge >= 0.3 is 0 Å². The van der Waals surface area contributed by atoms with E-state index in [1.807, 2.05) is 6.26 Å². The average Bonchev–Trinajstić information content (AvgIpc) is 2.02. The van der Waals surface area contributed by atoms with Crippen molar-refractivity contribution in [1.29, 1.82) is 0 Å². The number of allylic oxidation sites excluding steroid dienone is 1. The van der Waals surface area contributed by atoms with E-state index in [-0.39, 0.29) is 0 Å². The first-order chi connectivity index (χ1) is 5.27. The summed E-state index contributed by atoms with van der Waals surface area (Å²) in [7, 11) is 0. The molecule has 0 saturated heterocycles. The van der Waals surface area contributed by atoms with Crippen LogP contribution in [0.15, 0.2) is 11.8 Å². The first-order valence-electron chi connectivity index (χ1n) is 4.59. The van der Waals surface area contributed by atoms with Crippen LogP contribution in [0.2, 0.25) is 0 Å². The molecule has 1 heteroatoms. The van der Waals surface area contributed by atoms with Crippen molar-refractivity contribution in [2.45, 2.75) is 39.2 Å². The first kappa shape index (κ1) is 7.20. The van der Waals surface area contributed by atoms with Crippen molar-refractivity contribution >= 4 is 0 Å². The van der Waals surface area contributed by atoms with E-state index in [1.165, 1.54) is 24.8 Å². The summed E-state index contributed by atoms with van der Waals surface area (Å²) in [5.41, 5.74) is 1.45. The molecule has 0 aromatic rings. The van der Waals surface area contributed by atoms with Crippen LogP contribution in [0.5, 0.6) is 0 Å². The SMILES string of the molecule is CC1=CO[C@H]2C[C@H]1CC[C@H]2C. The quantitative estimate of drug-likeness (QED) is 0.518. The lowest BCUT2D eigenvalue weighted by atomic mass is 9.77. The number of hydrogen-bond donors (Lipinski definition) is 0. The van der Waals surface area contributed by atoms with Crippen LogP contribution in [0, 0.1) is 11.8 Å². The predicted molar refractivity (Wildman–Crippen MR) is 45.1 cm³/mol. The Hall–Kier alpha value is -0.460. The Morgan fingerprint density at radius 3 is 3.09 bits per heavy atom. The summed E-state index contributed by atoms with van der Waals surface area (Å²) in [6.45, 7) is 4.49. The van der Waals surface area contributed by atoms with Gasteiger partial charge in [0.2, 0.25) is 0 Å². The smallest absolute Gasteiger partial charge is 0.101 e. The zero-order chi connectivity index (χ0) is 7.84. The summed E-state index contributed by atoms with van der Waals surface area (Å²) in [5.74, 6) is 1.61. The Balaban J connectivity index is 2.15. The van der Waals surface area contributed by atoms with Crippen molar-refractivity contribution < 1.29 is 4.74 Å². The van der Waals surface area contributed by atoms with Crippen molar-refractivity contribution in [3.63, 3.8) is 0 Å². The van der Waals surface area contributed by atoms with Crippen LogP contribution in [0.1, 0.15) is 33.1 Å². The number of ether oxygens (including phenoxy) is 1. The molecule has 62 valence electrons. The molecule has 2 aliphatic rings. The van der Waals surface area contributed by atoms with E-state index >= 15 is 0 Å². The monoisotopic (exact) mass is 152 g/mol. The number of fused-ring (bicyclic) bond motifs is 2. The number of rotatable bonds is 0. The van der Waals surface area contributed by atoms with Gasteiger partial charge in [-0.2, -0.15) is 0 Å². The summed E-state index contributed by atoms with van der Waals surface area (Å²) in [4.78, 5) is 0. The Bertz CT molecular complexity index is 183. The Labute approximate surface area is 68.4 Å². The van der Waals surface area contributed by atoms with Gasteiger partial charge in [0.05, 0.1) is 6.26 Å². The van der Waals surface area contributed by atoms with Crippen molar-refractivity contribution in [2.75, 3.05) is 0 Å². The average molecular weight is 152 g/mol. The third kappa shape index (κ3) is 1.17. The van der Waals surface area contributed by atoms with Crippen LogP contribution in [0.25, 0.3) is 0 Å². The molecule has 0 unspecified atom stereocenters. The molecule has 0 spiro atoms. The highest BCUT2D eigenvalue weighted by atomic mass is 16.5. The van der Waals surface area contributed by atoms with Gasteiger partial charge < -0.3 is 4.74 Å². The zero-order valence-electron chi connectivity index (χ0n) is 7.34.